The fourth-order valence-electron chi connectivity index (χ4n) is 2.91. The molecule has 0 spiro atoms. The first-order valence-corrected chi connectivity index (χ1v) is 4.17. The lowest BCUT2D eigenvalue weighted by Crippen LogP contribution is -2.39. The first-order chi connectivity index (χ1) is 4.45. The van der Waals surface area contributed by atoms with Crippen LogP contribution < -0.4 is 0 Å². The minimum absolute atomic E-state index is 1.09. The molecular weight excluding hydrogens is 108 g/mol. The Labute approximate surface area is 56.0 Å². The highest BCUT2D eigenvalue weighted by Crippen LogP contribution is 2.58. The summed E-state index contributed by atoms with van der Waals surface area (Å²) in [4.78, 5) is 0. The second-order valence-electron chi connectivity index (χ2n) is 3.78. The predicted octanol–water partition coefficient (Wildman–Crippen LogP) is 2.51. The van der Waals surface area contributed by atoms with E-state index in [2.05, 4.69) is 0 Å². The standard InChI is InChI=1S/C9H12/c1-2-6-4-8-5-7(3-1)9(6)8/h6,8H,1-5H2. The fraction of sp³-hybridized carbons (Fsp3) is 0.778. The molecule has 9 heavy (non-hydrogen) atoms. The van der Waals surface area contributed by atoms with E-state index in [1.165, 1.54) is 25.7 Å². The summed E-state index contributed by atoms with van der Waals surface area (Å²) in [5.41, 5.74) is 3.78. The third-order valence-corrected chi connectivity index (χ3v) is 3.38. The fourth-order valence-corrected chi connectivity index (χ4v) is 2.91. The van der Waals surface area contributed by atoms with Gasteiger partial charge in [0, 0.05) is 0 Å². The Morgan fingerprint density at radius 1 is 1.22 bits per heavy atom. The molecule has 0 nitrogen and oxygen atoms in total. The summed E-state index contributed by atoms with van der Waals surface area (Å²) >= 11 is 0. The molecule has 1 fully saturated rings. The largest absolute Gasteiger partial charge is 0.0698 e. The van der Waals surface area contributed by atoms with Gasteiger partial charge in [0.2, 0.25) is 0 Å². The summed E-state index contributed by atoms with van der Waals surface area (Å²) in [6.45, 7) is 0. The van der Waals surface area contributed by atoms with Gasteiger partial charge in [0.25, 0.3) is 0 Å². The van der Waals surface area contributed by atoms with E-state index in [-0.39, 0.29) is 0 Å². The van der Waals surface area contributed by atoms with Crippen molar-refractivity contribution in [2.45, 2.75) is 32.1 Å². The van der Waals surface area contributed by atoms with Crippen molar-refractivity contribution in [1.82, 2.24) is 0 Å². The minimum atomic E-state index is 1.09. The Morgan fingerprint density at radius 3 is 2.89 bits per heavy atom. The second-order valence-corrected chi connectivity index (χ2v) is 3.78. The molecule has 0 aromatic carbocycles. The zero-order valence-corrected chi connectivity index (χ0v) is 5.69. The van der Waals surface area contributed by atoms with Gasteiger partial charge in [-0.25, -0.2) is 0 Å². The van der Waals surface area contributed by atoms with E-state index in [9.17, 15) is 0 Å². The number of allylic oxidation sites excluding steroid dienone is 2. The average molecular weight is 120 g/mol. The van der Waals surface area contributed by atoms with Crippen LogP contribution in [0.3, 0.4) is 0 Å². The van der Waals surface area contributed by atoms with Gasteiger partial charge in [-0.3, -0.25) is 0 Å². The van der Waals surface area contributed by atoms with E-state index in [1.54, 1.807) is 6.42 Å². The Bertz CT molecular complexity index is 186. The Hall–Kier alpha value is -0.260. The van der Waals surface area contributed by atoms with E-state index >= 15 is 0 Å². The van der Waals surface area contributed by atoms with Gasteiger partial charge in [-0.05, 0) is 43.9 Å². The molecule has 0 aromatic rings. The molecule has 2 unspecified atom stereocenters. The van der Waals surface area contributed by atoms with E-state index in [1.807, 2.05) is 11.1 Å². The molecule has 0 heterocycles. The van der Waals surface area contributed by atoms with Crippen molar-refractivity contribution in [3.63, 3.8) is 0 Å². The molecule has 3 aliphatic rings. The molecule has 0 aromatic heterocycles. The van der Waals surface area contributed by atoms with E-state index in [0.29, 0.717) is 0 Å². The summed E-state index contributed by atoms with van der Waals surface area (Å²) in [6, 6.07) is 0. The molecule has 0 heteroatoms. The summed E-state index contributed by atoms with van der Waals surface area (Å²) in [5.74, 6) is 2.19. The molecule has 0 saturated heterocycles. The maximum Gasteiger partial charge on any atom is -0.0155 e. The highest BCUT2D eigenvalue weighted by atomic mass is 14.5. The van der Waals surface area contributed by atoms with E-state index < -0.39 is 0 Å². The highest BCUT2D eigenvalue weighted by molar-refractivity contribution is 5.38. The zero-order valence-electron chi connectivity index (χ0n) is 5.69. The molecule has 3 rings (SSSR count). The van der Waals surface area contributed by atoms with Gasteiger partial charge in [-0.2, -0.15) is 0 Å². The first kappa shape index (κ1) is 4.54. The van der Waals surface area contributed by atoms with E-state index in [0.717, 1.165) is 11.8 Å². The van der Waals surface area contributed by atoms with Crippen LogP contribution in [0.2, 0.25) is 0 Å². The topological polar surface area (TPSA) is 0 Å². The molecule has 0 N–H and O–H groups in total. The Balaban J connectivity index is 2.05. The number of hydrogen-bond acceptors (Lipinski definition) is 0. The molecule has 2 atom stereocenters. The minimum Gasteiger partial charge on any atom is -0.0698 e. The van der Waals surface area contributed by atoms with Crippen molar-refractivity contribution in [3.05, 3.63) is 11.1 Å². The Morgan fingerprint density at radius 2 is 2.22 bits per heavy atom. The van der Waals surface area contributed by atoms with Gasteiger partial charge < -0.3 is 0 Å². The van der Waals surface area contributed by atoms with Crippen LogP contribution in [0.1, 0.15) is 32.1 Å². The van der Waals surface area contributed by atoms with Crippen molar-refractivity contribution in [1.29, 1.82) is 0 Å². The van der Waals surface area contributed by atoms with Crippen molar-refractivity contribution in [2.75, 3.05) is 0 Å². The number of rotatable bonds is 0. The lowest BCUT2D eigenvalue weighted by molar-refractivity contribution is 0.216. The quantitative estimate of drug-likeness (QED) is 0.431. The maximum atomic E-state index is 1.92. The average Bonchev–Trinajstić information content (AvgIpc) is 1.73. The normalized spacial score (nSPS) is 45.3. The van der Waals surface area contributed by atoms with Gasteiger partial charge in [0.1, 0.15) is 0 Å². The van der Waals surface area contributed by atoms with Crippen LogP contribution in [0.15, 0.2) is 11.1 Å². The Kier molecular flexibility index (Phi) is 0.633. The summed E-state index contributed by atoms with van der Waals surface area (Å²) in [5, 5.41) is 0. The van der Waals surface area contributed by atoms with Crippen molar-refractivity contribution in [3.8, 4) is 0 Å². The number of hydrogen-bond donors (Lipinski definition) is 0. The monoisotopic (exact) mass is 120 g/mol. The first-order valence-electron chi connectivity index (χ1n) is 4.17. The molecule has 0 bridgehead atoms. The molecule has 0 radical (unpaired) electrons. The van der Waals surface area contributed by atoms with Crippen LogP contribution in [0.25, 0.3) is 0 Å². The van der Waals surface area contributed by atoms with Crippen LogP contribution >= 0.6 is 0 Å². The lowest BCUT2D eigenvalue weighted by Gasteiger charge is -2.52. The van der Waals surface area contributed by atoms with Crippen molar-refractivity contribution >= 4 is 0 Å². The van der Waals surface area contributed by atoms with E-state index in [4.69, 9.17) is 0 Å². The van der Waals surface area contributed by atoms with Crippen molar-refractivity contribution in [2.24, 2.45) is 11.8 Å². The zero-order chi connectivity index (χ0) is 5.84. The lowest BCUT2D eigenvalue weighted by atomic mass is 9.53. The van der Waals surface area contributed by atoms with Gasteiger partial charge in [-0.1, -0.05) is 11.1 Å². The summed E-state index contributed by atoms with van der Waals surface area (Å²) in [7, 11) is 0. The molecule has 3 aliphatic carbocycles. The van der Waals surface area contributed by atoms with Gasteiger partial charge in [0.15, 0.2) is 0 Å². The molecule has 1 saturated carbocycles. The molecule has 0 aliphatic heterocycles. The summed E-state index contributed by atoms with van der Waals surface area (Å²) < 4.78 is 0. The van der Waals surface area contributed by atoms with Crippen molar-refractivity contribution < 1.29 is 0 Å². The molecule has 48 valence electrons. The van der Waals surface area contributed by atoms with Gasteiger partial charge >= 0.3 is 0 Å². The van der Waals surface area contributed by atoms with Crippen LogP contribution in [0.4, 0.5) is 0 Å². The van der Waals surface area contributed by atoms with Crippen LogP contribution in [-0.2, 0) is 0 Å². The summed E-state index contributed by atoms with van der Waals surface area (Å²) in [6.07, 6.45) is 7.53. The molecule has 0 amide bonds. The molecular formula is C9H12. The third kappa shape index (κ3) is 0.385. The highest BCUT2D eigenvalue weighted by Gasteiger charge is 2.45. The smallest absolute Gasteiger partial charge is 0.0155 e. The van der Waals surface area contributed by atoms with Gasteiger partial charge in [-0.15, -0.1) is 0 Å². The van der Waals surface area contributed by atoms with Crippen LogP contribution in [0.5, 0.6) is 0 Å². The second kappa shape index (κ2) is 1.25. The maximum absolute atomic E-state index is 1.92. The SMILES string of the molecule is C1CC2=C3C(C1)CC3C2. The van der Waals surface area contributed by atoms with Crippen LogP contribution in [-0.4, -0.2) is 0 Å². The third-order valence-electron chi connectivity index (χ3n) is 3.38. The predicted molar refractivity (Wildman–Crippen MR) is 37.1 cm³/mol. The van der Waals surface area contributed by atoms with Gasteiger partial charge in [0.05, 0.1) is 0 Å². The van der Waals surface area contributed by atoms with Crippen LogP contribution in [0, 0.1) is 11.8 Å².